The second kappa shape index (κ2) is 5.85. The molecule has 3 N–H and O–H groups in total. The highest BCUT2D eigenvalue weighted by Gasteiger charge is 2.20. The summed E-state index contributed by atoms with van der Waals surface area (Å²) < 4.78 is 0. The van der Waals surface area contributed by atoms with Gasteiger partial charge in [-0.3, -0.25) is 4.79 Å². The Hall–Kier alpha value is -1.58. The van der Waals surface area contributed by atoms with E-state index in [2.05, 4.69) is 10.3 Å². The predicted octanol–water partition coefficient (Wildman–Crippen LogP) is 2.15. The van der Waals surface area contributed by atoms with Crippen molar-refractivity contribution in [1.82, 2.24) is 10.3 Å². The van der Waals surface area contributed by atoms with Gasteiger partial charge in [-0.25, -0.2) is 4.98 Å². The number of aryl methyl sites for hydroxylation is 1. The van der Waals surface area contributed by atoms with Gasteiger partial charge in [0.25, 0.3) is 5.91 Å². The highest BCUT2D eigenvalue weighted by Crippen LogP contribution is 2.33. The molecule has 1 saturated carbocycles. The number of carbonyl (C=O) groups is 1. The number of hydrogen-bond acceptors (Lipinski definition) is 3. The lowest BCUT2D eigenvalue weighted by atomic mass is 10.1. The fraction of sp³-hybridized carbons (Fsp3) is 0.571. The summed E-state index contributed by atoms with van der Waals surface area (Å²) in [5.74, 6) is 1.29. The third-order valence-electron chi connectivity index (χ3n) is 3.29. The number of nitrogen functional groups attached to an aromatic ring is 1. The molecule has 1 aromatic rings. The van der Waals surface area contributed by atoms with Crippen LogP contribution in [0.4, 0.5) is 5.82 Å². The minimum atomic E-state index is -0.0467. The summed E-state index contributed by atoms with van der Waals surface area (Å²) in [6, 6.07) is 3.45. The van der Waals surface area contributed by atoms with Gasteiger partial charge >= 0.3 is 0 Å². The summed E-state index contributed by atoms with van der Waals surface area (Å²) in [7, 11) is 0. The molecule has 0 radical (unpaired) electrons. The summed E-state index contributed by atoms with van der Waals surface area (Å²) in [5, 5.41) is 2.94. The summed E-state index contributed by atoms with van der Waals surface area (Å²) in [6.07, 6.45) is 5.83. The fourth-order valence-corrected chi connectivity index (χ4v) is 2.02. The van der Waals surface area contributed by atoms with E-state index in [0.29, 0.717) is 11.4 Å². The van der Waals surface area contributed by atoms with Crippen molar-refractivity contribution in [3.63, 3.8) is 0 Å². The molecule has 98 valence electrons. The SMILES string of the molecule is CCc1cc(C(=O)NCCCC2CC2)cc(N)n1. The Morgan fingerprint density at radius 1 is 1.50 bits per heavy atom. The van der Waals surface area contributed by atoms with E-state index < -0.39 is 0 Å². The molecule has 2 rings (SSSR count). The number of anilines is 1. The van der Waals surface area contributed by atoms with Gasteiger partial charge in [0.05, 0.1) is 0 Å². The zero-order valence-electron chi connectivity index (χ0n) is 10.9. The summed E-state index contributed by atoms with van der Waals surface area (Å²) in [6.45, 7) is 2.75. The number of nitrogens with one attached hydrogen (secondary N) is 1. The largest absolute Gasteiger partial charge is 0.384 e. The Morgan fingerprint density at radius 2 is 2.28 bits per heavy atom. The van der Waals surface area contributed by atoms with E-state index in [9.17, 15) is 4.79 Å². The predicted molar refractivity (Wildman–Crippen MR) is 72.3 cm³/mol. The molecule has 18 heavy (non-hydrogen) atoms. The number of nitrogens with two attached hydrogens (primary N) is 1. The molecule has 1 fully saturated rings. The van der Waals surface area contributed by atoms with Gasteiger partial charge in [0.2, 0.25) is 0 Å². The first kappa shape index (κ1) is 12.9. The molecule has 1 aliphatic carbocycles. The van der Waals surface area contributed by atoms with Crippen LogP contribution in [-0.4, -0.2) is 17.4 Å². The Balaban J connectivity index is 1.84. The Labute approximate surface area is 108 Å². The quantitative estimate of drug-likeness (QED) is 0.757. The Kier molecular flexibility index (Phi) is 4.18. The Morgan fingerprint density at radius 3 is 2.94 bits per heavy atom. The molecule has 1 aromatic heterocycles. The van der Waals surface area contributed by atoms with Gasteiger partial charge in [-0.1, -0.05) is 19.8 Å². The van der Waals surface area contributed by atoms with E-state index in [-0.39, 0.29) is 5.91 Å². The van der Waals surface area contributed by atoms with Crippen LogP contribution in [-0.2, 0) is 6.42 Å². The van der Waals surface area contributed by atoms with Crippen LogP contribution in [0.1, 0.15) is 48.7 Å². The van der Waals surface area contributed by atoms with E-state index in [0.717, 1.165) is 31.0 Å². The van der Waals surface area contributed by atoms with Crippen LogP contribution in [0.5, 0.6) is 0 Å². The molecule has 0 bridgehead atoms. The van der Waals surface area contributed by atoms with E-state index in [4.69, 9.17) is 5.73 Å². The van der Waals surface area contributed by atoms with Crippen LogP contribution in [0.15, 0.2) is 12.1 Å². The second-order valence-corrected chi connectivity index (χ2v) is 4.97. The lowest BCUT2D eigenvalue weighted by molar-refractivity contribution is 0.0952. The van der Waals surface area contributed by atoms with Crippen molar-refractivity contribution in [2.24, 2.45) is 5.92 Å². The highest BCUT2D eigenvalue weighted by molar-refractivity contribution is 5.94. The molecule has 0 aliphatic heterocycles. The first-order valence-electron chi connectivity index (χ1n) is 6.73. The molecule has 0 atom stereocenters. The van der Waals surface area contributed by atoms with E-state index in [1.54, 1.807) is 6.07 Å². The van der Waals surface area contributed by atoms with Gasteiger partial charge in [0.15, 0.2) is 0 Å². The monoisotopic (exact) mass is 247 g/mol. The molecule has 4 nitrogen and oxygen atoms in total. The third kappa shape index (κ3) is 3.72. The van der Waals surface area contributed by atoms with Crippen molar-refractivity contribution in [3.8, 4) is 0 Å². The second-order valence-electron chi connectivity index (χ2n) is 4.97. The van der Waals surface area contributed by atoms with Crippen molar-refractivity contribution in [3.05, 3.63) is 23.4 Å². The molecule has 1 heterocycles. The number of pyridine rings is 1. The number of rotatable bonds is 6. The molecule has 1 aliphatic rings. The average molecular weight is 247 g/mol. The number of carbonyl (C=O) groups excluding carboxylic acids is 1. The average Bonchev–Trinajstić information content (AvgIpc) is 3.17. The highest BCUT2D eigenvalue weighted by atomic mass is 16.1. The van der Waals surface area contributed by atoms with Crippen LogP contribution in [0.2, 0.25) is 0 Å². The van der Waals surface area contributed by atoms with Crippen molar-refractivity contribution in [1.29, 1.82) is 0 Å². The molecule has 4 heteroatoms. The minimum absolute atomic E-state index is 0.0467. The first-order valence-corrected chi connectivity index (χ1v) is 6.73. The van der Waals surface area contributed by atoms with E-state index in [1.807, 2.05) is 13.0 Å². The van der Waals surface area contributed by atoms with Crippen LogP contribution in [0, 0.1) is 5.92 Å². The topological polar surface area (TPSA) is 68.0 Å². The van der Waals surface area contributed by atoms with Crippen molar-refractivity contribution >= 4 is 11.7 Å². The summed E-state index contributed by atoms with van der Waals surface area (Å²) in [4.78, 5) is 16.1. The lowest BCUT2D eigenvalue weighted by Gasteiger charge is -2.07. The maximum atomic E-state index is 11.9. The van der Waals surface area contributed by atoms with Crippen LogP contribution < -0.4 is 11.1 Å². The number of nitrogens with zero attached hydrogens (tertiary/aromatic N) is 1. The van der Waals surface area contributed by atoms with Gasteiger partial charge < -0.3 is 11.1 Å². The Bertz CT molecular complexity index is 427. The first-order chi connectivity index (χ1) is 8.69. The van der Waals surface area contributed by atoms with Gasteiger partial charge in [0, 0.05) is 17.8 Å². The standard InChI is InChI=1S/C14H21N3O/c1-2-12-8-11(9-13(15)17-12)14(18)16-7-3-4-10-5-6-10/h8-10H,2-7H2,1H3,(H2,15,17)(H,16,18). The molecule has 0 saturated heterocycles. The molecule has 0 spiro atoms. The zero-order chi connectivity index (χ0) is 13.0. The molecular weight excluding hydrogens is 226 g/mol. The molecule has 0 unspecified atom stereocenters. The summed E-state index contributed by atoms with van der Waals surface area (Å²) in [5.41, 5.74) is 7.16. The summed E-state index contributed by atoms with van der Waals surface area (Å²) >= 11 is 0. The third-order valence-corrected chi connectivity index (χ3v) is 3.29. The van der Waals surface area contributed by atoms with Gasteiger partial charge in [-0.2, -0.15) is 0 Å². The molecule has 0 aromatic carbocycles. The van der Waals surface area contributed by atoms with E-state index in [1.165, 1.54) is 19.3 Å². The number of hydrogen-bond donors (Lipinski definition) is 2. The van der Waals surface area contributed by atoms with Crippen molar-refractivity contribution < 1.29 is 4.79 Å². The van der Waals surface area contributed by atoms with Gasteiger partial charge in [-0.05, 0) is 37.3 Å². The van der Waals surface area contributed by atoms with Crippen LogP contribution >= 0.6 is 0 Å². The lowest BCUT2D eigenvalue weighted by Crippen LogP contribution is -2.25. The van der Waals surface area contributed by atoms with Gasteiger partial charge in [0.1, 0.15) is 5.82 Å². The number of amides is 1. The number of aromatic nitrogens is 1. The molecular formula is C14H21N3O. The van der Waals surface area contributed by atoms with Crippen LogP contribution in [0.25, 0.3) is 0 Å². The normalized spacial score (nSPS) is 14.5. The maximum absolute atomic E-state index is 11.9. The van der Waals surface area contributed by atoms with Crippen LogP contribution in [0.3, 0.4) is 0 Å². The maximum Gasteiger partial charge on any atom is 0.251 e. The van der Waals surface area contributed by atoms with Crippen molar-refractivity contribution in [2.75, 3.05) is 12.3 Å². The van der Waals surface area contributed by atoms with E-state index >= 15 is 0 Å². The smallest absolute Gasteiger partial charge is 0.251 e. The zero-order valence-corrected chi connectivity index (χ0v) is 10.9. The van der Waals surface area contributed by atoms with Crippen molar-refractivity contribution in [2.45, 2.75) is 39.0 Å². The minimum Gasteiger partial charge on any atom is -0.384 e. The van der Waals surface area contributed by atoms with Gasteiger partial charge in [-0.15, -0.1) is 0 Å². The fourth-order valence-electron chi connectivity index (χ4n) is 2.02. The molecule has 1 amide bonds.